The molecule has 0 unspecified atom stereocenters. The largest absolute Gasteiger partial charge is 0.270 e. The SMILES string of the molecule is O=S(=O)(c1cccc(-c2nnc(Sc3nc(-c4cnccn4)nc4sc5c(c34)CCCC5)n2-c2ccccc2)c1)N1CCCC1. The first kappa shape index (κ1) is 28.4. The third-order valence-electron chi connectivity index (χ3n) is 8.20. The van der Waals surface area contributed by atoms with Crippen molar-refractivity contribution in [1.29, 1.82) is 0 Å². The van der Waals surface area contributed by atoms with Crippen LogP contribution in [-0.4, -0.2) is 60.5 Å². The normalized spacial score (nSPS) is 15.5. The van der Waals surface area contributed by atoms with E-state index in [2.05, 4.69) is 20.2 Å². The predicted octanol–water partition coefficient (Wildman–Crippen LogP) is 6.21. The van der Waals surface area contributed by atoms with Crippen molar-refractivity contribution in [3.63, 3.8) is 0 Å². The van der Waals surface area contributed by atoms with E-state index < -0.39 is 10.0 Å². The lowest BCUT2D eigenvalue weighted by Gasteiger charge is -2.16. The molecular weight excluding hydrogens is 625 g/mol. The van der Waals surface area contributed by atoms with Gasteiger partial charge in [-0.3, -0.25) is 9.55 Å². The second-order valence-electron chi connectivity index (χ2n) is 11.1. The van der Waals surface area contributed by atoms with Crippen molar-refractivity contribution < 1.29 is 8.42 Å². The van der Waals surface area contributed by atoms with E-state index in [1.54, 1.807) is 52.4 Å². The lowest BCUT2D eigenvalue weighted by molar-refractivity contribution is 0.477. The van der Waals surface area contributed by atoms with Crippen molar-refractivity contribution in [2.45, 2.75) is 53.6 Å². The number of hydrogen-bond donors (Lipinski definition) is 0. The molecule has 0 bridgehead atoms. The molecule has 0 N–H and O–H groups in total. The molecule has 0 radical (unpaired) electrons. The Morgan fingerprint density at radius 1 is 0.867 bits per heavy atom. The average molecular weight is 653 g/mol. The highest BCUT2D eigenvalue weighted by Gasteiger charge is 2.29. The van der Waals surface area contributed by atoms with Crippen molar-refractivity contribution in [3.05, 3.63) is 83.6 Å². The van der Waals surface area contributed by atoms with E-state index >= 15 is 0 Å². The number of rotatable bonds is 7. The van der Waals surface area contributed by atoms with Crippen molar-refractivity contribution in [3.8, 4) is 28.6 Å². The van der Waals surface area contributed by atoms with Crippen LogP contribution >= 0.6 is 23.1 Å². The fraction of sp³-hybridized carbons (Fsp3) is 0.250. The number of aryl methyl sites for hydroxylation is 2. The number of para-hydroxylation sites is 1. The van der Waals surface area contributed by atoms with Gasteiger partial charge in [0.05, 0.1) is 11.1 Å². The maximum absolute atomic E-state index is 13.4. The molecule has 2 aliphatic rings. The molecule has 1 aliphatic heterocycles. The van der Waals surface area contributed by atoms with E-state index in [9.17, 15) is 8.42 Å². The van der Waals surface area contributed by atoms with Crippen molar-refractivity contribution in [1.82, 2.24) is 39.0 Å². The smallest absolute Gasteiger partial charge is 0.243 e. The molecule has 0 saturated carbocycles. The topological polar surface area (TPSA) is 120 Å². The predicted molar refractivity (Wildman–Crippen MR) is 174 cm³/mol. The quantitative estimate of drug-likeness (QED) is 0.185. The highest BCUT2D eigenvalue weighted by molar-refractivity contribution is 7.99. The van der Waals surface area contributed by atoms with Crippen LogP contribution in [0.2, 0.25) is 0 Å². The van der Waals surface area contributed by atoms with Crippen molar-refractivity contribution in [2.75, 3.05) is 13.1 Å². The molecule has 0 atom stereocenters. The lowest BCUT2D eigenvalue weighted by Crippen LogP contribution is -2.27. The molecule has 4 aromatic heterocycles. The Hall–Kier alpha value is -4.04. The molecule has 1 saturated heterocycles. The Balaban J connectivity index is 1.28. The summed E-state index contributed by atoms with van der Waals surface area (Å²) in [6, 6.07) is 16.9. The summed E-state index contributed by atoms with van der Waals surface area (Å²) in [5, 5.41) is 11.8. The molecule has 1 fully saturated rings. The third kappa shape index (κ3) is 5.23. The summed E-state index contributed by atoms with van der Waals surface area (Å²) in [6.45, 7) is 1.09. The molecule has 10 nitrogen and oxygen atoms in total. The number of sulfonamides is 1. The van der Waals surface area contributed by atoms with Crippen LogP contribution < -0.4 is 0 Å². The summed E-state index contributed by atoms with van der Waals surface area (Å²) in [5.74, 6) is 1.07. The fourth-order valence-corrected chi connectivity index (χ4v) is 9.90. The Labute approximate surface area is 268 Å². The zero-order chi connectivity index (χ0) is 30.4. The Bertz CT molecular complexity index is 2130. The highest BCUT2D eigenvalue weighted by atomic mass is 32.2. The van der Waals surface area contributed by atoms with Crippen LogP contribution in [0.1, 0.15) is 36.1 Å². The van der Waals surface area contributed by atoms with Crippen LogP contribution in [0.3, 0.4) is 0 Å². The van der Waals surface area contributed by atoms with E-state index in [4.69, 9.17) is 9.97 Å². The summed E-state index contributed by atoms with van der Waals surface area (Å²) in [5.41, 5.74) is 3.45. The van der Waals surface area contributed by atoms with Crippen LogP contribution in [0, 0.1) is 0 Å². The van der Waals surface area contributed by atoms with E-state index in [-0.39, 0.29) is 4.90 Å². The van der Waals surface area contributed by atoms with Gasteiger partial charge in [-0.1, -0.05) is 30.3 Å². The van der Waals surface area contributed by atoms with Crippen LogP contribution in [0.15, 0.2) is 88.3 Å². The van der Waals surface area contributed by atoms with Gasteiger partial charge < -0.3 is 0 Å². The van der Waals surface area contributed by atoms with Crippen molar-refractivity contribution in [2.24, 2.45) is 0 Å². The number of benzene rings is 2. The summed E-state index contributed by atoms with van der Waals surface area (Å²) in [7, 11) is -3.60. The zero-order valence-corrected chi connectivity index (χ0v) is 26.7. The molecule has 1 aliphatic carbocycles. The number of nitrogens with zero attached hydrogens (tertiary/aromatic N) is 8. The average Bonchev–Trinajstić information content (AvgIpc) is 3.85. The van der Waals surface area contributed by atoms with Crippen molar-refractivity contribution >= 4 is 43.3 Å². The maximum atomic E-state index is 13.4. The highest BCUT2D eigenvalue weighted by Crippen LogP contribution is 2.43. The maximum Gasteiger partial charge on any atom is 0.243 e. The Morgan fingerprint density at radius 3 is 2.53 bits per heavy atom. The van der Waals surface area contributed by atoms with Gasteiger partial charge >= 0.3 is 0 Å². The van der Waals surface area contributed by atoms with Gasteiger partial charge in [-0.25, -0.2) is 23.4 Å². The second-order valence-corrected chi connectivity index (χ2v) is 15.0. The molecule has 45 heavy (non-hydrogen) atoms. The van der Waals surface area contributed by atoms with Crippen LogP contribution in [0.25, 0.3) is 38.8 Å². The summed E-state index contributed by atoms with van der Waals surface area (Å²) in [6.07, 6.45) is 11.1. The summed E-state index contributed by atoms with van der Waals surface area (Å²) < 4.78 is 30.4. The monoisotopic (exact) mass is 652 g/mol. The van der Waals surface area contributed by atoms with E-state index in [1.165, 1.54) is 28.6 Å². The molecule has 226 valence electrons. The molecule has 5 heterocycles. The van der Waals surface area contributed by atoms with Crippen LogP contribution in [-0.2, 0) is 22.9 Å². The lowest BCUT2D eigenvalue weighted by atomic mass is 9.97. The summed E-state index contributed by atoms with van der Waals surface area (Å²) in [4.78, 5) is 21.3. The molecule has 0 spiro atoms. The molecular formula is C32H28N8O2S3. The minimum absolute atomic E-state index is 0.259. The van der Waals surface area contributed by atoms with Crippen LogP contribution in [0.5, 0.6) is 0 Å². The first-order chi connectivity index (χ1) is 22.1. The zero-order valence-electron chi connectivity index (χ0n) is 24.2. The van der Waals surface area contributed by atoms with Gasteiger partial charge in [0.25, 0.3) is 0 Å². The number of fused-ring (bicyclic) bond motifs is 3. The van der Waals surface area contributed by atoms with Gasteiger partial charge in [0.2, 0.25) is 15.2 Å². The van der Waals surface area contributed by atoms with Gasteiger partial charge in [-0.2, -0.15) is 4.31 Å². The van der Waals surface area contributed by atoms with E-state index in [1.807, 2.05) is 41.0 Å². The Kier molecular flexibility index (Phi) is 7.40. The number of thiophene rings is 1. The second kappa shape index (κ2) is 11.7. The fourth-order valence-electron chi connectivity index (χ4n) is 6.02. The van der Waals surface area contributed by atoms with Gasteiger partial charge in [0.1, 0.15) is 15.6 Å². The first-order valence-electron chi connectivity index (χ1n) is 14.9. The van der Waals surface area contributed by atoms with E-state index in [0.29, 0.717) is 41.2 Å². The summed E-state index contributed by atoms with van der Waals surface area (Å²) >= 11 is 3.17. The number of aromatic nitrogens is 7. The van der Waals surface area contributed by atoms with Crippen LogP contribution in [0.4, 0.5) is 0 Å². The third-order valence-corrected chi connectivity index (χ3v) is 12.2. The van der Waals surface area contributed by atoms with Gasteiger partial charge in [-0.15, -0.1) is 21.5 Å². The molecule has 13 heteroatoms. The first-order valence-corrected chi connectivity index (χ1v) is 18.0. The molecule has 8 rings (SSSR count). The standard InChI is InChI=1S/C32H28N8O2S3/c41-45(42,39-17-6-7-18-39)23-12-8-9-21(19-23)29-37-38-32(40(29)22-10-2-1-3-11-22)44-31-27-24-13-4-5-14-26(24)43-30(27)35-28(36-31)25-20-33-15-16-34-25/h1-3,8-12,15-16,19-20H,4-7,13-14,17-18H2. The molecule has 6 aromatic rings. The van der Waals surface area contributed by atoms with E-state index in [0.717, 1.165) is 53.0 Å². The minimum Gasteiger partial charge on any atom is -0.270 e. The van der Waals surface area contributed by atoms with Gasteiger partial charge in [-0.05, 0) is 80.1 Å². The minimum atomic E-state index is -3.60. The number of hydrogen-bond acceptors (Lipinski definition) is 10. The molecule has 0 amide bonds. The molecule has 2 aromatic carbocycles. The van der Waals surface area contributed by atoms with Gasteiger partial charge in [0.15, 0.2) is 11.6 Å². The Morgan fingerprint density at radius 2 is 1.71 bits per heavy atom. The van der Waals surface area contributed by atoms with Gasteiger partial charge in [0, 0.05) is 47.0 Å².